The highest BCUT2D eigenvalue weighted by atomic mass is 14.4. The van der Waals surface area contributed by atoms with Crippen molar-refractivity contribution in [3.05, 3.63) is 66.2 Å². The summed E-state index contributed by atoms with van der Waals surface area (Å²) in [5.41, 5.74) is 4.11. The Bertz CT molecular complexity index is 538. The summed E-state index contributed by atoms with van der Waals surface area (Å²) >= 11 is 0. The normalized spacial score (nSPS) is 10.6. The Labute approximate surface area is 102 Å². The highest BCUT2D eigenvalue weighted by molar-refractivity contribution is 5.94. The standard InChI is InChI=1S/C16H15N/c1-13(17)11-12-15-9-5-6-10-16(15)14-7-3-2-4-8-14/h2-12,17H,1H3/b12-11+,17-13?. The lowest BCUT2D eigenvalue weighted by Crippen LogP contribution is -1.84. The van der Waals surface area contributed by atoms with Crippen LogP contribution in [0.15, 0.2) is 60.7 Å². The highest BCUT2D eigenvalue weighted by Gasteiger charge is 2.00. The van der Waals surface area contributed by atoms with Gasteiger partial charge in [0.1, 0.15) is 0 Å². The molecule has 0 fully saturated rings. The van der Waals surface area contributed by atoms with E-state index in [9.17, 15) is 0 Å². The fourth-order valence-electron chi connectivity index (χ4n) is 1.74. The molecule has 0 spiro atoms. The lowest BCUT2D eigenvalue weighted by Gasteiger charge is -2.05. The molecule has 0 aliphatic carbocycles. The van der Waals surface area contributed by atoms with E-state index in [2.05, 4.69) is 24.3 Å². The van der Waals surface area contributed by atoms with Gasteiger partial charge in [0.25, 0.3) is 0 Å². The van der Waals surface area contributed by atoms with Crippen molar-refractivity contribution in [2.75, 3.05) is 0 Å². The van der Waals surface area contributed by atoms with Gasteiger partial charge in [-0.3, -0.25) is 0 Å². The average Bonchev–Trinajstić information content (AvgIpc) is 2.38. The third kappa shape index (κ3) is 2.91. The fourth-order valence-corrected chi connectivity index (χ4v) is 1.74. The molecule has 0 heterocycles. The Kier molecular flexibility index (Phi) is 3.51. The largest absolute Gasteiger partial charge is 0.306 e. The molecule has 0 unspecified atom stereocenters. The predicted molar refractivity (Wildman–Crippen MR) is 74.3 cm³/mol. The summed E-state index contributed by atoms with van der Waals surface area (Å²) in [6, 6.07) is 18.5. The van der Waals surface area contributed by atoms with E-state index in [1.165, 1.54) is 11.1 Å². The van der Waals surface area contributed by atoms with Gasteiger partial charge in [-0.05, 0) is 29.7 Å². The van der Waals surface area contributed by atoms with Crippen LogP contribution < -0.4 is 0 Å². The maximum Gasteiger partial charge on any atom is 0.0283 e. The van der Waals surface area contributed by atoms with Crippen LogP contribution in [-0.2, 0) is 0 Å². The highest BCUT2D eigenvalue weighted by Crippen LogP contribution is 2.24. The Morgan fingerprint density at radius 2 is 1.59 bits per heavy atom. The molecule has 1 N–H and O–H groups in total. The zero-order valence-corrected chi connectivity index (χ0v) is 9.85. The molecule has 0 bridgehead atoms. The van der Waals surface area contributed by atoms with Gasteiger partial charge in [0.2, 0.25) is 0 Å². The van der Waals surface area contributed by atoms with Crippen LogP contribution >= 0.6 is 0 Å². The minimum absolute atomic E-state index is 0.563. The molecule has 17 heavy (non-hydrogen) atoms. The van der Waals surface area contributed by atoms with Crippen molar-refractivity contribution in [1.29, 1.82) is 5.41 Å². The zero-order valence-electron chi connectivity index (χ0n) is 9.85. The van der Waals surface area contributed by atoms with E-state index in [0.717, 1.165) is 5.56 Å². The van der Waals surface area contributed by atoms with Crippen LogP contribution in [0.25, 0.3) is 17.2 Å². The van der Waals surface area contributed by atoms with E-state index in [-0.39, 0.29) is 0 Å². The fraction of sp³-hybridized carbons (Fsp3) is 0.0625. The summed E-state index contributed by atoms with van der Waals surface area (Å²) < 4.78 is 0. The van der Waals surface area contributed by atoms with Crippen LogP contribution in [0.4, 0.5) is 0 Å². The van der Waals surface area contributed by atoms with Crippen LogP contribution in [0.1, 0.15) is 12.5 Å². The van der Waals surface area contributed by atoms with E-state index in [0.29, 0.717) is 5.71 Å². The molecule has 1 heteroatoms. The molecule has 0 saturated heterocycles. The van der Waals surface area contributed by atoms with Crippen molar-refractivity contribution in [2.24, 2.45) is 0 Å². The van der Waals surface area contributed by atoms with Crippen LogP contribution in [-0.4, -0.2) is 5.71 Å². The van der Waals surface area contributed by atoms with Gasteiger partial charge < -0.3 is 5.41 Å². The van der Waals surface area contributed by atoms with Crippen LogP contribution in [0, 0.1) is 5.41 Å². The van der Waals surface area contributed by atoms with E-state index in [1.807, 2.05) is 42.5 Å². The minimum Gasteiger partial charge on any atom is -0.306 e. The number of nitrogens with one attached hydrogen (secondary N) is 1. The van der Waals surface area contributed by atoms with Crippen molar-refractivity contribution < 1.29 is 0 Å². The number of benzene rings is 2. The van der Waals surface area contributed by atoms with Gasteiger partial charge in [-0.2, -0.15) is 0 Å². The molecule has 0 saturated carbocycles. The van der Waals surface area contributed by atoms with Crippen LogP contribution in [0.2, 0.25) is 0 Å². The van der Waals surface area contributed by atoms with E-state index in [4.69, 9.17) is 5.41 Å². The lowest BCUT2D eigenvalue weighted by molar-refractivity contribution is 1.50. The van der Waals surface area contributed by atoms with Crippen LogP contribution in [0.5, 0.6) is 0 Å². The maximum atomic E-state index is 7.43. The summed E-state index contributed by atoms with van der Waals surface area (Å²) in [6.07, 6.45) is 3.81. The number of rotatable bonds is 3. The second-order valence-electron chi connectivity index (χ2n) is 3.97. The number of allylic oxidation sites excluding steroid dienone is 1. The number of hydrogen-bond acceptors (Lipinski definition) is 1. The van der Waals surface area contributed by atoms with Crippen LogP contribution in [0.3, 0.4) is 0 Å². The summed E-state index contributed by atoms with van der Waals surface area (Å²) in [5, 5.41) is 7.43. The average molecular weight is 221 g/mol. The first-order valence-electron chi connectivity index (χ1n) is 5.65. The Morgan fingerprint density at radius 3 is 2.29 bits per heavy atom. The van der Waals surface area contributed by atoms with Crippen molar-refractivity contribution >= 4 is 11.8 Å². The van der Waals surface area contributed by atoms with Gasteiger partial charge in [0, 0.05) is 5.71 Å². The second kappa shape index (κ2) is 5.26. The van der Waals surface area contributed by atoms with E-state index >= 15 is 0 Å². The van der Waals surface area contributed by atoms with E-state index < -0.39 is 0 Å². The van der Waals surface area contributed by atoms with E-state index in [1.54, 1.807) is 6.92 Å². The molecule has 84 valence electrons. The summed E-state index contributed by atoms with van der Waals surface area (Å²) in [4.78, 5) is 0. The first-order valence-corrected chi connectivity index (χ1v) is 5.65. The molecule has 2 rings (SSSR count). The molecular weight excluding hydrogens is 206 g/mol. The molecule has 2 aromatic rings. The van der Waals surface area contributed by atoms with Gasteiger partial charge in [-0.15, -0.1) is 0 Å². The Balaban J connectivity index is 2.45. The minimum atomic E-state index is 0.563. The maximum absolute atomic E-state index is 7.43. The van der Waals surface area contributed by atoms with Gasteiger partial charge >= 0.3 is 0 Å². The molecule has 0 radical (unpaired) electrons. The monoisotopic (exact) mass is 221 g/mol. The molecule has 0 aromatic heterocycles. The van der Waals surface area contributed by atoms with Gasteiger partial charge in [0.15, 0.2) is 0 Å². The first kappa shape index (κ1) is 11.3. The van der Waals surface area contributed by atoms with Crippen molar-refractivity contribution in [3.63, 3.8) is 0 Å². The van der Waals surface area contributed by atoms with Crippen molar-refractivity contribution in [3.8, 4) is 11.1 Å². The summed E-state index contributed by atoms with van der Waals surface area (Å²) in [7, 11) is 0. The third-order valence-corrected chi connectivity index (χ3v) is 2.56. The van der Waals surface area contributed by atoms with Gasteiger partial charge in [0.05, 0.1) is 0 Å². The van der Waals surface area contributed by atoms with Gasteiger partial charge in [-0.1, -0.05) is 60.7 Å². The third-order valence-electron chi connectivity index (χ3n) is 2.56. The lowest BCUT2D eigenvalue weighted by atomic mass is 9.99. The first-order chi connectivity index (χ1) is 8.27. The smallest absolute Gasteiger partial charge is 0.0283 e. The van der Waals surface area contributed by atoms with Crippen molar-refractivity contribution in [1.82, 2.24) is 0 Å². The molecule has 1 nitrogen and oxygen atoms in total. The summed E-state index contributed by atoms with van der Waals surface area (Å²) in [6.45, 7) is 1.78. The Morgan fingerprint density at radius 1 is 0.941 bits per heavy atom. The Hall–Kier alpha value is -2.15. The molecule has 2 aromatic carbocycles. The zero-order chi connectivity index (χ0) is 12.1. The molecular formula is C16H15N. The summed E-state index contributed by atoms with van der Waals surface area (Å²) in [5.74, 6) is 0. The predicted octanol–water partition coefficient (Wildman–Crippen LogP) is 4.41. The van der Waals surface area contributed by atoms with Crippen molar-refractivity contribution in [2.45, 2.75) is 6.92 Å². The quantitative estimate of drug-likeness (QED) is 0.742. The SMILES string of the molecule is CC(=N)/C=C/c1ccccc1-c1ccccc1. The molecule has 0 aliphatic rings. The number of hydrogen-bond donors (Lipinski definition) is 1. The molecule has 0 atom stereocenters. The second-order valence-corrected chi connectivity index (χ2v) is 3.97. The topological polar surface area (TPSA) is 23.9 Å². The molecule has 0 aliphatic heterocycles. The van der Waals surface area contributed by atoms with Gasteiger partial charge in [-0.25, -0.2) is 0 Å². The molecule has 0 amide bonds.